The molecule has 1 saturated carbocycles. The van der Waals surface area contributed by atoms with E-state index in [0.29, 0.717) is 19.4 Å². The van der Waals surface area contributed by atoms with Crippen molar-refractivity contribution >= 4 is 11.9 Å². The summed E-state index contributed by atoms with van der Waals surface area (Å²) in [6, 6.07) is -0.199. The maximum absolute atomic E-state index is 11.6. The minimum Gasteiger partial charge on any atom is -0.481 e. The molecular formula is C11H20N2O3. The predicted molar refractivity (Wildman–Crippen MR) is 59.7 cm³/mol. The monoisotopic (exact) mass is 228 g/mol. The van der Waals surface area contributed by atoms with E-state index in [1.807, 2.05) is 6.92 Å². The van der Waals surface area contributed by atoms with Gasteiger partial charge >= 0.3 is 5.97 Å². The summed E-state index contributed by atoms with van der Waals surface area (Å²) in [5, 5.41) is 11.8. The SMILES string of the molecule is CC(CN)CC(=O)NC1CCCC1C(=O)O. The Morgan fingerprint density at radius 1 is 1.50 bits per heavy atom. The number of carbonyl (C=O) groups excluding carboxylic acids is 1. The van der Waals surface area contributed by atoms with Crippen molar-refractivity contribution in [1.82, 2.24) is 5.32 Å². The fourth-order valence-electron chi connectivity index (χ4n) is 2.09. The summed E-state index contributed by atoms with van der Waals surface area (Å²) < 4.78 is 0. The number of carboxylic acid groups (broad SMARTS) is 1. The van der Waals surface area contributed by atoms with Crippen molar-refractivity contribution in [3.8, 4) is 0 Å². The van der Waals surface area contributed by atoms with Gasteiger partial charge in [0.2, 0.25) is 5.91 Å². The maximum atomic E-state index is 11.6. The Morgan fingerprint density at radius 3 is 2.75 bits per heavy atom. The smallest absolute Gasteiger partial charge is 0.308 e. The number of rotatable bonds is 5. The molecule has 1 rings (SSSR count). The van der Waals surface area contributed by atoms with Gasteiger partial charge < -0.3 is 16.2 Å². The van der Waals surface area contributed by atoms with E-state index in [0.717, 1.165) is 12.8 Å². The first kappa shape index (κ1) is 13.0. The molecule has 5 heteroatoms. The standard InChI is InChI=1S/C11H20N2O3/c1-7(6-12)5-10(14)13-9-4-2-3-8(9)11(15)16/h7-9H,2-6,12H2,1H3,(H,13,14)(H,15,16). The van der Waals surface area contributed by atoms with Crippen LogP contribution in [0, 0.1) is 11.8 Å². The molecule has 3 unspecified atom stereocenters. The van der Waals surface area contributed by atoms with Crippen molar-refractivity contribution in [2.24, 2.45) is 17.6 Å². The summed E-state index contributed by atoms with van der Waals surface area (Å²) in [4.78, 5) is 22.5. The minimum absolute atomic E-state index is 0.0869. The molecule has 4 N–H and O–H groups in total. The molecule has 0 saturated heterocycles. The van der Waals surface area contributed by atoms with E-state index in [2.05, 4.69) is 5.32 Å². The number of aliphatic carboxylic acids is 1. The molecule has 1 aliphatic carbocycles. The Bertz CT molecular complexity index is 268. The lowest BCUT2D eigenvalue weighted by Crippen LogP contribution is -2.41. The van der Waals surface area contributed by atoms with Crippen LogP contribution < -0.4 is 11.1 Å². The Kier molecular flexibility index (Phi) is 4.73. The highest BCUT2D eigenvalue weighted by Crippen LogP contribution is 2.25. The summed E-state index contributed by atoms with van der Waals surface area (Å²) in [6.45, 7) is 2.38. The zero-order chi connectivity index (χ0) is 12.1. The van der Waals surface area contributed by atoms with Gasteiger partial charge in [0.25, 0.3) is 0 Å². The highest BCUT2D eigenvalue weighted by molar-refractivity contribution is 5.78. The molecule has 3 atom stereocenters. The van der Waals surface area contributed by atoms with Crippen LogP contribution in [0.2, 0.25) is 0 Å². The molecule has 1 amide bonds. The largest absolute Gasteiger partial charge is 0.481 e. The second-order valence-electron chi connectivity index (χ2n) is 4.59. The summed E-state index contributed by atoms with van der Waals surface area (Å²) in [5.74, 6) is -1.17. The first-order valence-electron chi connectivity index (χ1n) is 5.76. The van der Waals surface area contributed by atoms with E-state index in [9.17, 15) is 9.59 Å². The molecule has 0 aliphatic heterocycles. The van der Waals surface area contributed by atoms with Crippen molar-refractivity contribution in [2.75, 3.05) is 6.54 Å². The molecule has 16 heavy (non-hydrogen) atoms. The van der Waals surface area contributed by atoms with E-state index >= 15 is 0 Å². The fourth-order valence-corrected chi connectivity index (χ4v) is 2.09. The van der Waals surface area contributed by atoms with Crippen LogP contribution >= 0.6 is 0 Å². The van der Waals surface area contributed by atoms with E-state index in [-0.39, 0.29) is 17.9 Å². The Labute approximate surface area is 95.4 Å². The van der Waals surface area contributed by atoms with Crippen LogP contribution in [0.5, 0.6) is 0 Å². The predicted octanol–water partition coefficient (Wildman–Crippen LogP) is 0.341. The molecule has 1 aliphatic rings. The maximum Gasteiger partial charge on any atom is 0.308 e. The molecule has 1 fully saturated rings. The first-order valence-corrected chi connectivity index (χ1v) is 5.76. The summed E-state index contributed by atoms with van der Waals surface area (Å²) >= 11 is 0. The van der Waals surface area contributed by atoms with Gasteiger partial charge in [-0.15, -0.1) is 0 Å². The number of carboxylic acids is 1. The Hall–Kier alpha value is -1.10. The zero-order valence-electron chi connectivity index (χ0n) is 9.61. The highest BCUT2D eigenvalue weighted by Gasteiger charge is 2.33. The summed E-state index contributed by atoms with van der Waals surface area (Å²) in [5.41, 5.74) is 5.43. The summed E-state index contributed by atoms with van der Waals surface area (Å²) in [6.07, 6.45) is 2.67. The third-order valence-corrected chi connectivity index (χ3v) is 3.12. The topological polar surface area (TPSA) is 92.4 Å². The lowest BCUT2D eigenvalue weighted by Gasteiger charge is -2.18. The average molecular weight is 228 g/mol. The molecule has 0 aromatic carbocycles. The fraction of sp³-hybridized carbons (Fsp3) is 0.818. The molecule has 0 spiro atoms. The quantitative estimate of drug-likeness (QED) is 0.632. The van der Waals surface area contributed by atoms with E-state index in [4.69, 9.17) is 10.8 Å². The van der Waals surface area contributed by atoms with Crippen LogP contribution in [0.25, 0.3) is 0 Å². The first-order chi connectivity index (χ1) is 7.54. The van der Waals surface area contributed by atoms with Crippen LogP contribution in [0.4, 0.5) is 0 Å². The molecule has 5 nitrogen and oxygen atoms in total. The van der Waals surface area contributed by atoms with Gasteiger partial charge in [-0.3, -0.25) is 9.59 Å². The van der Waals surface area contributed by atoms with Gasteiger partial charge in [-0.1, -0.05) is 13.3 Å². The molecule has 0 aromatic rings. The van der Waals surface area contributed by atoms with Crippen molar-refractivity contribution < 1.29 is 14.7 Å². The van der Waals surface area contributed by atoms with Gasteiger partial charge in [0.15, 0.2) is 0 Å². The number of nitrogens with one attached hydrogen (secondary N) is 1. The average Bonchev–Trinajstić information content (AvgIpc) is 2.65. The van der Waals surface area contributed by atoms with E-state index in [1.165, 1.54) is 0 Å². The Morgan fingerprint density at radius 2 is 2.19 bits per heavy atom. The molecule has 0 heterocycles. The normalized spacial score (nSPS) is 26.4. The van der Waals surface area contributed by atoms with Crippen molar-refractivity contribution in [1.29, 1.82) is 0 Å². The van der Waals surface area contributed by atoms with Crippen LogP contribution in [0.15, 0.2) is 0 Å². The van der Waals surface area contributed by atoms with Crippen LogP contribution in [-0.4, -0.2) is 29.6 Å². The van der Waals surface area contributed by atoms with Gasteiger partial charge in [0, 0.05) is 12.5 Å². The van der Waals surface area contributed by atoms with Crippen molar-refractivity contribution in [3.63, 3.8) is 0 Å². The summed E-state index contributed by atoms with van der Waals surface area (Å²) in [7, 11) is 0. The number of nitrogens with two attached hydrogens (primary N) is 1. The third-order valence-electron chi connectivity index (χ3n) is 3.12. The number of hydrogen-bond acceptors (Lipinski definition) is 3. The highest BCUT2D eigenvalue weighted by atomic mass is 16.4. The van der Waals surface area contributed by atoms with Gasteiger partial charge in [-0.25, -0.2) is 0 Å². The zero-order valence-corrected chi connectivity index (χ0v) is 9.61. The van der Waals surface area contributed by atoms with Crippen molar-refractivity contribution in [3.05, 3.63) is 0 Å². The van der Waals surface area contributed by atoms with E-state index in [1.54, 1.807) is 0 Å². The van der Waals surface area contributed by atoms with Gasteiger partial charge in [0.05, 0.1) is 5.92 Å². The van der Waals surface area contributed by atoms with Crippen molar-refractivity contribution in [2.45, 2.75) is 38.6 Å². The second-order valence-corrected chi connectivity index (χ2v) is 4.59. The number of amides is 1. The molecule has 0 aromatic heterocycles. The number of hydrogen-bond donors (Lipinski definition) is 3. The van der Waals surface area contributed by atoms with Gasteiger partial charge in [-0.05, 0) is 25.3 Å². The van der Waals surface area contributed by atoms with Crippen LogP contribution in [0.3, 0.4) is 0 Å². The molecule has 0 radical (unpaired) electrons. The van der Waals surface area contributed by atoms with E-state index < -0.39 is 11.9 Å². The third kappa shape index (κ3) is 3.48. The van der Waals surface area contributed by atoms with Gasteiger partial charge in [-0.2, -0.15) is 0 Å². The lowest BCUT2D eigenvalue weighted by atomic mass is 10.0. The van der Waals surface area contributed by atoms with Crippen LogP contribution in [-0.2, 0) is 9.59 Å². The number of carbonyl (C=O) groups is 2. The molecular weight excluding hydrogens is 208 g/mol. The van der Waals surface area contributed by atoms with Crippen LogP contribution in [0.1, 0.15) is 32.6 Å². The Balaban J connectivity index is 2.41. The minimum atomic E-state index is -0.810. The lowest BCUT2D eigenvalue weighted by molar-refractivity contribution is -0.142. The van der Waals surface area contributed by atoms with Gasteiger partial charge in [0.1, 0.15) is 0 Å². The molecule has 0 bridgehead atoms. The molecule has 92 valence electrons. The second kappa shape index (κ2) is 5.84.